The Morgan fingerprint density at radius 2 is 2.03 bits per heavy atom. The van der Waals surface area contributed by atoms with E-state index in [9.17, 15) is 4.79 Å². The fourth-order valence-electron chi connectivity index (χ4n) is 4.22. The van der Waals surface area contributed by atoms with Crippen molar-refractivity contribution in [2.24, 2.45) is 0 Å². The van der Waals surface area contributed by atoms with E-state index in [1.54, 1.807) is 10.9 Å². The Kier molecular flexibility index (Phi) is 6.02. The normalized spacial score (nSPS) is 16.4. The van der Waals surface area contributed by atoms with E-state index < -0.39 is 0 Å². The predicted molar refractivity (Wildman–Crippen MR) is 122 cm³/mol. The zero-order chi connectivity index (χ0) is 22.0. The van der Waals surface area contributed by atoms with Crippen LogP contribution in [-0.2, 0) is 11.3 Å². The van der Waals surface area contributed by atoms with Gasteiger partial charge in [-0.1, -0.05) is 18.2 Å². The van der Waals surface area contributed by atoms with E-state index in [-0.39, 0.29) is 18.4 Å². The minimum absolute atomic E-state index is 0.101. The molecule has 0 spiro atoms. The third kappa shape index (κ3) is 4.45. The summed E-state index contributed by atoms with van der Waals surface area (Å²) in [4.78, 5) is 26.4. The van der Waals surface area contributed by atoms with Crippen LogP contribution in [0.25, 0.3) is 11.1 Å². The number of nitrogens with zero attached hydrogens (tertiary/aromatic N) is 6. The van der Waals surface area contributed by atoms with Gasteiger partial charge in [0.1, 0.15) is 6.54 Å². The average Bonchev–Trinajstić information content (AvgIpc) is 3.28. The van der Waals surface area contributed by atoms with Crippen LogP contribution in [0.4, 0.5) is 5.95 Å². The van der Waals surface area contributed by atoms with Crippen LogP contribution in [0.5, 0.6) is 0 Å². The zero-order valence-corrected chi connectivity index (χ0v) is 18.7. The summed E-state index contributed by atoms with van der Waals surface area (Å²) >= 11 is 0. The van der Waals surface area contributed by atoms with Crippen LogP contribution >= 0.6 is 0 Å². The number of piperidine rings is 1. The molecule has 0 unspecified atom stereocenters. The molecule has 0 bridgehead atoms. The minimum atomic E-state index is 0.101. The smallest absolute Gasteiger partial charge is 0.244 e. The van der Waals surface area contributed by atoms with Crippen LogP contribution in [0.2, 0.25) is 0 Å². The summed E-state index contributed by atoms with van der Waals surface area (Å²) in [6.45, 7) is 6.00. The lowest BCUT2D eigenvalue weighted by atomic mass is 9.88. The lowest BCUT2D eigenvalue weighted by molar-refractivity contribution is -0.133. The largest absolute Gasteiger partial charge is 0.347 e. The van der Waals surface area contributed by atoms with Crippen molar-refractivity contribution in [1.82, 2.24) is 24.6 Å². The minimum Gasteiger partial charge on any atom is -0.347 e. The lowest BCUT2D eigenvalue weighted by Crippen LogP contribution is -2.41. The van der Waals surface area contributed by atoms with Crippen molar-refractivity contribution in [3.05, 3.63) is 59.7 Å². The summed E-state index contributed by atoms with van der Waals surface area (Å²) in [5.41, 5.74) is 5.76. The number of aryl methyl sites for hydroxylation is 1. The molecule has 0 N–H and O–H groups in total. The van der Waals surface area contributed by atoms with Crippen LogP contribution in [-0.4, -0.2) is 57.7 Å². The number of hydrogen-bond donors (Lipinski definition) is 0. The van der Waals surface area contributed by atoms with E-state index in [0.717, 1.165) is 30.6 Å². The van der Waals surface area contributed by atoms with Gasteiger partial charge in [0.05, 0.1) is 5.69 Å². The van der Waals surface area contributed by atoms with Gasteiger partial charge in [0.25, 0.3) is 0 Å². The lowest BCUT2D eigenvalue weighted by Gasteiger charge is -2.33. The molecule has 7 nitrogen and oxygen atoms in total. The molecule has 1 saturated heterocycles. The molecular weight excluding hydrogens is 388 g/mol. The molecule has 0 saturated carbocycles. The van der Waals surface area contributed by atoms with Crippen molar-refractivity contribution in [2.45, 2.75) is 39.2 Å². The van der Waals surface area contributed by atoms with Gasteiger partial charge in [0, 0.05) is 57.3 Å². The Balaban J connectivity index is 1.67. The molecule has 1 aromatic carbocycles. The highest BCUT2D eigenvalue weighted by atomic mass is 16.2. The number of carbonyl (C=O) groups excluding carboxylic acids is 1. The molecule has 31 heavy (non-hydrogen) atoms. The van der Waals surface area contributed by atoms with Crippen molar-refractivity contribution < 1.29 is 4.79 Å². The molecule has 0 aliphatic carbocycles. The topological polar surface area (TPSA) is 67.2 Å². The Labute approximate surface area is 183 Å². The van der Waals surface area contributed by atoms with Crippen LogP contribution in [0, 0.1) is 13.8 Å². The first-order valence-corrected chi connectivity index (χ1v) is 10.8. The Morgan fingerprint density at radius 3 is 2.77 bits per heavy atom. The highest BCUT2D eigenvalue weighted by molar-refractivity contribution is 5.76. The van der Waals surface area contributed by atoms with Gasteiger partial charge in [-0.15, -0.1) is 0 Å². The van der Waals surface area contributed by atoms with Crippen molar-refractivity contribution >= 4 is 11.9 Å². The number of anilines is 1. The quantitative estimate of drug-likeness (QED) is 0.635. The van der Waals surface area contributed by atoms with Gasteiger partial charge in [-0.2, -0.15) is 5.10 Å². The standard InChI is InChI=1S/C24H30N6O/c1-17-8-5-10-20(18(17)2)21-14-25-24(28(3)4)27-23(21)19-9-6-12-29(15-19)22(31)16-30-13-7-11-26-30/h5,7-8,10-11,13-14,19H,6,9,12,15-16H2,1-4H3/t19-/m0/s1. The van der Waals surface area contributed by atoms with Gasteiger partial charge in [-0.25, -0.2) is 9.97 Å². The summed E-state index contributed by atoms with van der Waals surface area (Å²) in [5, 5.41) is 4.17. The first-order valence-electron chi connectivity index (χ1n) is 10.8. The molecule has 3 aromatic rings. The predicted octanol–water partition coefficient (Wildman–Crippen LogP) is 3.43. The number of likely N-dealkylation sites (tertiary alicyclic amines) is 1. The molecule has 2 aromatic heterocycles. The Bertz CT molecular complexity index is 1060. The number of aromatic nitrogens is 4. The van der Waals surface area contributed by atoms with E-state index in [0.29, 0.717) is 12.5 Å². The molecule has 1 aliphatic heterocycles. The van der Waals surface area contributed by atoms with Crippen molar-refractivity contribution in [3.8, 4) is 11.1 Å². The van der Waals surface area contributed by atoms with Crippen molar-refractivity contribution in [2.75, 3.05) is 32.1 Å². The molecule has 1 aliphatic rings. The third-order valence-corrected chi connectivity index (χ3v) is 6.12. The van der Waals surface area contributed by atoms with Gasteiger partial charge in [-0.05, 0) is 49.4 Å². The molecule has 1 fully saturated rings. The molecule has 7 heteroatoms. The highest BCUT2D eigenvalue weighted by Gasteiger charge is 2.29. The summed E-state index contributed by atoms with van der Waals surface area (Å²) in [5.74, 6) is 0.972. The second-order valence-electron chi connectivity index (χ2n) is 8.49. The van der Waals surface area contributed by atoms with Gasteiger partial charge >= 0.3 is 0 Å². The molecule has 3 heterocycles. The number of benzene rings is 1. The maximum Gasteiger partial charge on any atom is 0.244 e. The molecular formula is C24H30N6O. The summed E-state index contributed by atoms with van der Waals surface area (Å²) in [6, 6.07) is 8.20. The Hall–Kier alpha value is -3.22. The molecule has 1 atom stereocenters. The summed E-state index contributed by atoms with van der Waals surface area (Å²) in [6.07, 6.45) is 7.44. The van der Waals surface area contributed by atoms with E-state index in [4.69, 9.17) is 4.98 Å². The summed E-state index contributed by atoms with van der Waals surface area (Å²) < 4.78 is 1.68. The third-order valence-electron chi connectivity index (χ3n) is 6.12. The van der Waals surface area contributed by atoms with Crippen LogP contribution < -0.4 is 4.90 Å². The zero-order valence-electron chi connectivity index (χ0n) is 18.7. The van der Waals surface area contributed by atoms with Gasteiger partial charge < -0.3 is 9.80 Å². The van der Waals surface area contributed by atoms with Crippen molar-refractivity contribution in [1.29, 1.82) is 0 Å². The molecule has 4 rings (SSSR count). The number of hydrogen-bond acceptors (Lipinski definition) is 5. The van der Waals surface area contributed by atoms with E-state index in [1.165, 1.54) is 16.7 Å². The number of carbonyl (C=O) groups is 1. The summed E-state index contributed by atoms with van der Waals surface area (Å²) in [7, 11) is 3.91. The molecule has 0 radical (unpaired) electrons. The number of rotatable bonds is 5. The Morgan fingerprint density at radius 1 is 1.19 bits per heavy atom. The van der Waals surface area contributed by atoms with Gasteiger partial charge in [0.2, 0.25) is 11.9 Å². The highest BCUT2D eigenvalue weighted by Crippen LogP contribution is 2.35. The molecule has 162 valence electrons. The SMILES string of the molecule is Cc1cccc(-c2cnc(N(C)C)nc2[C@H]2CCCN(C(=O)Cn3cccn3)C2)c1C. The van der Waals surface area contributed by atoms with Crippen LogP contribution in [0.1, 0.15) is 35.6 Å². The first-order chi connectivity index (χ1) is 14.9. The van der Waals surface area contributed by atoms with Gasteiger partial charge in [0.15, 0.2) is 0 Å². The van der Waals surface area contributed by atoms with E-state index >= 15 is 0 Å². The second-order valence-corrected chi connectivity index (χ2v) is 8.49. The van der Waals surface area contributed by atoms with Crippen molar-refractivity contribution in [3.63, 3.8) is 0 Å². The van der Waals surface area contributed by atoms with Gasteiger partial charge in [-0.3, -0.25) is 9.48 Å². The number of amides is 1. The fourth-order valence-corrected chi connectivity index (χ4v) is 4.22. The average molecular weight is 419 g/mol. The molecule has 1 amide bonds. The van der Waals surface area contributed by atoms with E-state index in [2.05, 4.69) is 42.1 Å². The monoisotopic (exact) mass is 418 g/mol. The first kappa shape index (κ1) is 21.0. The van der Waals surface area contributed by atoms with E-state index in [1.807, 2.05) is 42.4 Å². The van der Waals surface area contributed by atoms with Crippen LogP contribution in [0.15, 0.2) is 42.9 Å². The second kappa shape index (κ2) is 8.88. The maximum absolute atomic E-state index is 12.9. The maximum atomic E-state index is 12.9. The fraction of sp³-hybridized carbons (Fsp3) is 0.417. The van der Waals surface area contributed by atoms with Crippen LogP contribution in [0.3, 0.4) is 0 Å².